The van der Waals surface area contributed by atoms with E-state index in [9.17, 15) is 4.79 Å². The Balaban J connectivity index is 1.90. The van der Waals surface area contributed by atoms with E-state index in [2.05, 4.69) is 23.4 Å². The van der Waals surface area contributed by atoms with Crippen molar-refractivity contribution in [3.05, 3.63) is 52.8 Å². The van der Waals surface area contributed by atoms with E-state index in [1.807, 2.05) is 30.3 Å². The third-order valence-corrected chi connectivity index (χ3v) is 5.67. The molecule has 0 aliphatic heterocycles. The molecular weight excluding hydrogens is 384 g/mol. The highest BCUT2D eigenvalue weighted by molar-refractivity contribution is 7.16. The highest BCUT2D eigenvalue weighted by Crippen LogP contribution is 2.23. The number of aromatic nitrogens is 1. The van der Waals surface area contributed by atoms with Crippen molar-refractivity contribution in [2.45, 2.75) is 46.1 Å². The largest absolute Gasteiger partial charge is 0.497 e. The number of thiazole rings is 1. The Morgan fingerprint density at radius 2 is 1.93 bits per heavy atom. The average Bonchev–Trinajstić information content (AvgIpc) is 3.08. The molecule has 1 amide bonds. The lowest BCUT2D eigenvalue weighted by atomic mass is 10.2. The summed E-state index contributed by atoms with van der Waals surface area (Å²) >= 11 is 1.50. The van der Waals surface area contributed by atoms with Gasteiger partial charge in [-0.3, -0.25) is 4.79 Å². The van der Waals surface area contributed by atoms with Crippen LogP contribution in [0, 0.1) is 0 Å². The smallest absolute Gasteiger partial charge is 0.279 e. The van der Waals surface area contributed by atoms with Gasteiger partial charge in [0.25, 0.3) is 5.91 Å². The van der Waals surface area contributed by atoms with Gasteiger partial charge in [0.05, 0.1) is 23.9 Å². The minimum Gasteiger partial charge on any atom is -0.497 e. The second-order valence-electron chi connectivity index (χ2n) is 6.87. The summed E-state index contributed by atoms with van der Waals surface area (Å²) in [7, 11) is 1.65. The lowest BCUT2D eigenvalue weighted by Gasteiger charge is -2.06. The molecule has 0 saturated carbocycles. The predicted molar refractivity (Wildman–Crippen MR) is 118 cm³/mol. The molecule has 0 bridgehead atoms. The van der Waals surface area contributed by atoms with E-state index in [-0.39, 0.29) is 5.91 Å². The number of amides is 1. The summed E-state index contributed by atoms with van der Waals surface area (Å²) in [6.07, 6.45) is 4.27. The van der Waals surface area contributed by atoms with E-state index in [1.165, 1.54) is 11.3 Å². The zero-order chi connectivity index (χ0) is 20.6. The van der Waals surface area contributed by atoms with Crippen LogP contribution in [0.2, 0.25) is 0 Å². The number of carbonyl (C=O) groups is 1. The van der Waals surface area contributed by atoms with Crippen molar-refractivity contribution in [1.82, 2.24) is 4.57 Å². The SMILES string of the molecule is CCCCCOc1cccc(C(=O)N=c2sc3cc(OC)ccc3n2CCC)c1. The summed E-state index contributed by atoms with van der Waals surface area (Å²) in [6.45, 7) is 5.75. The molecule has 154 valence electrons. The van der Waals surface area contributed by atoms with Crippen LogP contribution in [-0.4, -0.2) is 24.2 Å². The topological polar surface area (TPSA) is 52.8 Å². The standard InChI is InChI=1S/C23H28N2O3S/c1-4-6-7-14-28-19-10-8-9-17(15-19)22(26)24-23-25(13-5-2)20-12-11-18(27-3)16-21(20)29-23/h8-12,15-16H,4-7,13-14H2,1-3H3. The molecule has 2 aromatic carbocycles. The van der Waals surface area contributed by atoms with Crippen molar-refractivity contribution in [2.24, 2.45) is 4.99 Å². The minimum absolute atomic E-state index is 0.257. The lowest BCUT2D eigenvalue weighted by Crippen LogP contribution is -2.16. The van der Waals surface area contributed by atoms with Gasteiger partial charge in [0.1, 0.15) is 11.5 Å². The van der Waals surface area contributed by atoms with Gasteiger partial charge in [-0.1, -0.05) is 44.1 Å². The van der Waals surface area contributed by atoms with Gasteiger partial charge < -0.3 is 14.0 Å². The van der Waals surface area contributed by atoms with Crippen LogP contribution in [0.3, 0.4) is 0 Å². The summed E-state index contributed by atoms with van der Waals surface area (Å²) in [6, 6.07) is 13.2. The third-order valence-electron chi connectivity index (χ3n) is 4.63. The highest BCUT2D eigenvalue weighted by atomic mass is 32.1. The fourth-order valence-electron chi connectivity index (χ4n) is 3.12. The Labute approximate surface area is 175 Å². The van der Waals surface area contributed by atoms with E-state index >= 15 is 0 Å². The monoisotopic (exact) mass is 412 g/mol. The molecule has 0 N–H and O–H groups in total. The Morgan fingerprint density at radius 1 is 1.07 bits per heavy atom. The lowest BCUT2D eigenvalue weighted by molar-refractivity contribution is 0.0997. The predicted octanol–water partition coefficient (Wildman–Crippen LogP) is 5.43. The van der Waals surface area contributed by atoms with Crippen molar-refractivity contribution >= 4 is 27.5 Å². The van der Waals surface area contributed by atoms with Gasteiger partial charge in [0.2, 0.25) is 0 Å². The maximum absolute atomic E-state index is 12.8. The number of hydrogen-bond donors (Lipinski definition) is 0. The first kappa shape index (κ1) is 21.1. The molecular formula is C23H28N2O3S. The van der Waals surface area contributed by atoms with E-state index < -0.39 is 0 Å². The number of carbonyl (C=O) groups excluding carboxylic acids is 1. The molecule has 0 radical (unpaired) electrons. The third kappa shape index (κ3) is 5.26. The van der Waals surface area contributed by atoms with E-state index in [0.29, 0.717) is 22.7 Å². The van der Waals surface area contributed by atoms with Gasteiger partial charge in [-0.05, 0) is 49.2 Å². The van der Waals surface area contributed by atoms with Gasteiger partial charge in [-0.25, -0.2) is 0 Å². The molecule has 0 spiro atoms. The van der Waals surface area contributed by atoms with Crippen LogP contribution in [0.25, 0.3) is 10.2 Å². The Bertz CT molecular complexity index is 1040. The van der Waals surface area contributed by atoms with E-state index in [0.717, 1.165) is 48.2 Å². The number of rotatable bonds is 9. The zero-order valence-corrected chi connectivity index (χ0v) is 18.1. The Hall–Kier alpha value is -2.60. The van der Waals surface area contributed by atoms with Crippen molar-refractivity contribution in [3.8, 4) is 11.5 Å². The number of fused-ring (bicyclic) bond motifs is 1. The zero-order valence-electron chi connectivity index (χ0n) is 17.3. The number of hydrogen-bond acceptors (Lipinski definition) is 4. The molecule has 3 aromatic rings. The number of aryl methyl sites for hydroxylation is 1. The molecule has 0 unspecified atom stereocenters. The van der Waals surface area contributed by atoms with Crippen LogP contribution in [0.1, 0.15) is 49.9 Å². The molecule has 0 atom stereocenters. The Morgan fingerprint density at radius 3 is 2.69 bits per heavy atom. The molecule has 6 heteroatoms. The van der Waals surface area contributed by atoms with Gasteiger partial charge >= 0.3 is 0 Å². The maximum atomic E-state index is 12.8. The van der Waals surface area contributed by atoms with Crippen LogP contribution >= 0.6 is 11.3 Å². The number of benzene rings is 2. The summed E-state index contributed by atoms with van der Waals surface area (Å²) < 4.78 is 14.3. The Kier molecular flexibility index (Phi) is 7.47. The van der Waals surface area contributed by atoms with Crippen LogP contribution < -0.4 is 14.3 Å². The molecule has 0 fully saturated rings. The second kappa shape index (κ2) is 10.3. The normalized spacial score (nSPS) is 11.8. The van der Waals surface area contributed by atoms with Crippen molar-refractivity contribution in [2.75, 3.05) is 13.7 Å². The van der Waals surface area contributed by atoms with Gasteiger partial charge in [0.15, 0.2) is 4.80 Å². The molecule has 29 heavy (non-hydrogen) atoms. The fourth-order valence-corrected chi connectivity index (χ4v) is 4.20. The first-order chi connectivity index (χ1) is 14.2. The van der Waals surface area contributed by atoms with Crippen molar-refractivity contribution in [3.63, 3.8) is 0 Å². The molecule has 1 aromatic heterocycles. The van der Waals surface area contributed by atoms with Crippen LogP contribution in [-0.2, 0) is 6.54 Å². The quantitative estimate of drug-likeness (QED) is 0.440. The minimum atomic E-state index is -0.257. The number of unbranched alkanes of at least 4 members (excludes halogenated alkanes) is 2. The number of nitrogens with zero attached hydrogens (tertiary/aromatic N) is 2. The summed E-state index contributed by atoms with van der Waals surface area (Å²) in [5.74, 6) is 1.25. The van der Waals surface area contributed by atoms with Gasteiger partial charge in [-0.15, -0.1) is 0 Å². The number of ether oxygens (including phenoxy) is 2. The van der Waals surface area contributed by atoms with Crippen molar-refractivity contribution in [1.29, 1.82) is 0 Å². The van der Waals surface area contributed by atoms with Gasteiger partial charge in [0, 0.05) is 12.1 Å². The molecule has 5 nitrogen and oxygen atoms in total. The molecule has 1 heterocycles. The van der Waals surface area contributed by atoms with E-state index in [1.54, 1.807) is 19.2 Å². The van der Waals surface area contributed by atoms with Gasteiger partial charge in [-0.2, -0.15) is 4.99 Å². The number of methoxy groups -OCH3 is 1. The second-order valence-corrected chi connectivity index (χ2v) is 7.88. The molecule has 0 saturated heterocycles. The molecule has 0 aliphatic carbocycles. The first-order valence-corrected chi connectivity index (χ1v) is 11.0. The maximum Gasteiger partial charge on any atom is 0.279 e. The summed E-state index contributed by atoms with van der Waals surface area (Å²) in [4.78, 5) is 18.0. The van der Waals surface area contributed by atoms with Crippen LogP contribution in [0.5, 0.6) is 11.5 Å². The highest BCUT2D eigenvalue weighted by Gasteiger charge is 2.10. The van der Waals surface area contributed by atoms with E-state index in [4.69, 9.17) is 9.47 Å². The summed E-state index contributed by atoms with van der Waals surface area (Å²) in [5.41, 5.74) is 1.60. The first-order valence-electron chi connectivity index (χ1n) is 10.2. The fraction of sp³-hybridized carbons (Fsp3) is 0.391. The molecule has 0 aliphatic rings. The summed E-state index contributed by atoms with van der Waals surface area (Å²) in [5, 5.41) is 0. The van der Waals surface area contributed by atoms with Crippen molar-refractivity contribution < 1.29 is 14.3 Å². The average molecular weight is 413 g/mol. The van der Waals surface area contributed by atoms with Crippen LogP contribution in [0.15, 0.2) is 47.5 Å². The van der Waals surface area contributed by atoms with Crippen LogP contribution in [0.4, 0.5) is 0 Å². The molecule has 3 rings (SSSR count).